The van der Waals surface area contributed by atoms with Crippen LogP contribution in [0.5, 0.6) is 0 Å². The molecule has 2 heteroatoms. The zero-order valence-electron chi connectivity index (χ0n) is 10.9. The second-order valence-corrected chi connectivity index (χ2v) is 5.25. The number of hydrogen-bond acceptors (Lipinski definition) is 2. The molecule has 1 saturated carbocycles. The Hall–Kier alpha value is -0.0800. The third-order valence-corrected chi connectivity index (χ3v) is 3.64. The van der Waals surface area contributed by atoms with E-state index in [2.05, 4.69) is 12.2 Å². The number of aliphatic hydroxyl groups is 1. The van der Waals surface area contributed by atoms with Crippen LogP contribution < -0.4 is 5.32 Å². The molecule has 1 aliphatic carbocycles. The number of hydrogen-bond donors (Lipinski definition) is 2. The van der Waals surface area contributed by atoms with Crippen molar-refractivity contribution in [2.45, 2.75) is 83.3 Å². The summed E-state index contributed by atoms with van der Waals surface area (Å²) < 4.78 is 0. The van der Waals surface area contributed by atoms with Crippen LogP contribution in [0.25, 0.3) is 0 Å². The van der Waals surface area contributed by atoms with Gasteiger partial charge in [0.1, 0.15) is 0 Å². The van der Waals surface area contributed by atoms with Crippen LogP contribution in [0.3, 0.4) is 0 Å². The van der Waals surface area contributed by atoms with Gasteiger partial charge in [0.25, 0.3) is 0 Å². The molecule has 0 radical (unpaired) electrons. The summed E-state index contributed by atoms with van der Waals surface area (Å²) in [6.07, 6.45) is 12.6. The summed E-state index contributed by atoms with van der Waals surface area (Å²) in [4.78, 5) is 0. The topological polar surface area (TPSA) is 32.3 Å². The highest BCUT2D eigenvalue weighted by atomic mass is 16.3. The molecule has 1 fully saturated rings. The van der Waals surface area contributed by atoms with Crippen molar-refractivity contribution in [3.05, 3.63) is 0 Å². The van der Waals surface area contributed by atoms with Gasteiger partial charge in [-0.15, -0.1) is 0 Å². The van der Waals surface area contributed by atoms with Crippen molar-refractivity contribution < 1.29 is 5.11 Å². The Labute approximate surface area is 101 Å². The lowest BCUT2D eigenvalue weighted by Crippen LogP contribution is -2.36. The van der Waals surface area contributed by atoms with Crippen molar-refractivity contribution in [2.24, 2.45) is 0 Å². The minimum atomic E-state index is -0.126. The smallest absolute Gasteiger partial charge is 0.0664 e. The van der Waals surface area contributed by atoms with Crippen LogP contribution in [-0.2, 0) is 0 Å². The van der Waals surface area contributed by atoms with Gasteiger partial charge in [0.05, 0.1) is 6.10 Å². The van der Waals surface area contributed by atoms with E-state index < -0.39 is 0 Å². The van der Waals surface area contributed by atoms with Crippen molar-refractivity contribution in [1.29, 1.82) is 0 Å². The normalized spacial score (nSPS) is 19.9. The highest BCUT2D eigenvalue weighted by Gasteiger charge is 2.13. The number of rotatable bonds is 8. The van der Waals surface area contributed by atoms with Crippen LogP contribution in [-0.4, -0.2) is 23.8 Å². The fourth-order valence-electron chi connectivity index (χ4n) is 2.52. The summed E-state index contributed by atoms with van der Waals surface area (Å²) in [5, 5.41) is 13.3. The third-order valence-electron chi connectivity index (χ3n) is 3.64. The van der Waals surface area contributed by atoms with Gasteiger partial charge in [0, 0.05) is 12.6 Å². The number of unbranched alkanes of at least 4 members (excludes halogenated alkanes) is 3. The summed E-state index contributed by atoms with van der Waals surface area (Å²) in [6, 6.07) is 0.680. The van der Waals surface area contributed by atoms with Crippen molar-refractivity contribution in [2.75, 3.05) is 6.54 Å². The molecule has 1 rings (SSSR count). The fourth-order valence-corrected chi connectivity index (χ4v) is 2.52. The molecule has 1 unspecified atom stereocenters. The summed E-state index contributed by atoms with van der Waals surface area (Å²) in [6.45, 7) is 3.03. The lowest BCUT2D eigenvalue weighted by atomic mass is 9.95. The van der Waals surface area contributed by atoms with E-state index in [1.807, 2.05) is 0 Å². The molecule has 1 aliphatic rings. The Morgan fingerprint density at radius 2 is 1.88 bits per heavy atom. The third kappa shape index (κ3) is 6.49. The standard InChI is InChI=1S/C14H29NO/c1-2-3-4-8-11-14(16)12-15-13-9-6-5-7-10-13/h13-16H,2-12H2,1H3. The monoisotopic (exact) mass is 227 g/mol. The molecule has 2 N–H and O–H groups in total. The number of aliphatic hydroxyl groups excluding tert-OH is 1. The largest absolute Gasteiger partial charge is 0.392 e. The van der Waals surface area contributed by atoms with E-state index >= 15 is 0 Å². The van der Waals surface area contributed by atoms with E-state index in [1.54, 1.807) is 0 Å². The maximum Gasteiger partial charge on any atom is 0.0664 e. The second-order valence-electron chi connectivity index (χ2n) is 5.25. The summed E-state index contributed by atoms with van der Waals surface area (Å²) in [7, 11) is 0. The van der Waals surface area contributed by atoms with Crippen molar-refractivity contribution >= 4 is 0 Å². The van der Waals surface area contributed by atoms with Crippen molar-refractivity contribution in [3.8, 4) is 0 Å². The molecule has 0 aromatic heterocycles. The molecule has 1 atom stereocenters. The molecular weight excluding hydrogens is 198 g/mol. The minimum Gasteiger partial charge on any atom is -0.392 e. The highest BCUT2D eigenvalue weighted by Crippen LogP contribution is 2.17. The first-order chi connectivity index (χ1) is 7.83. The molecule has 16 heavy (non-hydrogen) atoms. The molecule has 0 heterocycles. The van der Waals surface area contributed by atoms with Gasteiger partial charge in [-0.3, -0.25) is 0 Å². The molecule has 96 valence electrons. The molecule has 0 bridgehead atoms. The van der Waals surface area contributed by atoms with Crippen LogP contribution in [0, 0.1) is 0 Å². The van der Waals surface area contributed by atoms with E-state index in [1.165, 1.54) is 57.8 Å². The summed E-state index contributed by atoms with van der Waals surface area (Å²) in [5.41, 5.74) is 0. The van der Waals surface area contributed by atoms with Gasteiger partial charge in [0.15, 0.2) is 0 Å². The Bertz CT molecular complexity index is 155. The van der Waals surface area contributed by atoms with Gasteiger partial charge < -0.3 is 10.4 Å². The Balaban J connectivity index is 1.94. The van der Waals surface area contributed by atoms with Crippen LogP contribution in [0.4, 0.5) is 0 Å². The predicted molar refractivity (Wildman–Crippen MR) is 69.6 cm³/mol. The first-order valence-corrected chi connectivity index (χ1v) is 7.24. The van der Waals surface area contributed by atoms with E-state index in [0.717, 1.165) is 13.0 Å². The van der Waals surface area contributed by atoms with Gasteiger partial charge in [-0.05, 0) is 19.3 Å². The lowest BCUT2D eigenvalue weighted by Gasteiger charge is -2.24. The van der Waals surface area contributed by atoms with E-state index in [4.69, 9.17) is 0 Å². The highest BCUT2D eigenvalue weighted by molar-refractivity contribution is 4.73. The first-order valence-electron chi connectivity index (χ1n) is 7.24. The first kappa shape index (κ1) is 14.0. The quantitative estimate of drug-likeness (QED) is 0.624. The lowest BCUT2D eigenvalue weighted by molar-refractivity contribution is 0.150. The molecule has 2 nitrogen and oxygen atoms in total. The van der Waals surface area contributed by atoms with E-state index in [9.17, 15) is 5.11 Å². The van der Waals surface area contributed by atoms with Gasteiger partial charge in [-0.1, -0.05) is 51.9 Å². The van der Waals surface area contributed by atoms with E-state index in [-0.39, 0.29) is 6.10 Å². The minimum absolute atomic E-state index is 0.126. The molecule has 0 amide bonds. The number of nitrogens with one attached hydrogen (secondary N) is 1. The molecular formula is C14H29NO. The molecule has 0 aromatic rings. The molecule has 0 aromatic carbocycles. The van der Waals surface area contributed by atoms with E-state index in [0.29, 0.717) is 6.04 Å². The Morgan fingerprint density at radius 1 is 1.12 bits per heavy atom. The van der Waals surface area contributed by atoms with Gasteiger partial charge >= 0.3 is 0 Å². The summed E-state index contributed by atoms with van der Waals surface area (Å²) >= 11 is 0. The van der Waals surface area contributed by atoms with Crippen LogP contribution in [0.2, 0.25) is 0 Å². The Morgan fingerprint density at radius 3 is 2.56 bits per heavy atom. The summed E-state index contributed by atoms with van der Waals surface area (Å²) in [5.74, 6) is 0. The zero-order valence-corrected chi connectivity index (χ0v) is 10.9. The maximum atomic E-state index is 9.82. The Kier molecular flexibility index (Phi) is 7.87. The average molecular weight is 227 g/mol. The second kappa shape index (κ2) is 9.00. The molecule has 0 spiro atoms. The van der Waals surface area contributed by atoms with Gasteiger partial charge in [0.2, 0.25) is 0 Å². The molecule has 0 saturated heterocycles. The average Bonchev–Trinajstić information content (AvgIpc) is 2.33. The van der Waals surface area contributed by atoms with Gasteiger partial charge in [-0.25, -0.2) is 0 Å². The van der Waals surface area contributed by atoms with Crippen molar-refractivity contribution in [1.82, 2.24) is 5.32 Å². The van der Waals surface area contributed by atoms with Gasteiger partial charge in [-0.2, -0.15) is 0 Å². The SMILES string of the molecule is CCCCCCC(O)CNC1CCCCC1. The van der Waals surface area contributed by atoms with Crippen molar-refractivity contribution in [3.63, 3.8) is 0 Å². The van der Waals surface area contributed by atoms with Crippen LogP contribution in [0.15, 0.2) is 0 Å². The predicted octanol–water partition coefficient (Wildman–Crippen LogP) is 3.24. The zero-order chi connectivity index (χ0) is 11.6. The van der Waals surface area contributed by atoms with Crippen LogP contribution in [0.1, 0.15) is 71.1 Å². The fraction of sp³-hybridized carbons (Fsp3) is 1.00. The van der Waals surface area contributed by atoms with Crippen LogP contribution >= 0.6 is 0 Å². The maximum absolute atomic E-state index is 9.82. The molecule has 0 aliphatic heterocycles.